The molecule has 3 N–H and O–H groups in total. The largest absolute Gasteiger partial charge is 0.480 e. The van der Waals surface area contributed by atoms with Crippen LogP contribution in [0.5, 0.6) is 0 Å². The van der Waals surface area contributed by atoms with Crippen LogP contribution in [0.3, 0.4) is 0 Å². The number of carbonyl (C=O) groups excluding carboxylic acids is 2. The number of benzene rings is 2. The van der Waals surface area contributed by atoms with E-state index in [1.54, 1.807) is 11.0 Å². The Kier molecular flexibility index (Phi) is 7.74. The van der Waals surface area contributed by atoms with Gasteiger partial charge < -0.3 is 20.6 Å². The Hall–Kier alpha value is -3.65. The lowest BCUT2D eigenvalue weighted by Crippen LogP contribution is -2.47. The van der Waals surface area contributed by atoms with Crippen molar-refractivity contribution in [2.24, 2.45) is 4.99 Å². The smallest absolute Gasteiger partial charge is 0.328 e. The zero-order valence-corrected chi connectivity index (χ0v) is 21.0. The minimum Gasteiger partial charge on any atom is -0.480 e. The second-order valence-corrected chi connectivity index (χ2v) is 9.81. The van der Waals surface area contributed by atoms with Crippen molar-refractivity contribution < 1.29 is 19.5 Å². The number of nitrogens with zero attached hydrogens (tertiary/aromatic N) is 3. The molecule has 0 fully saturated rings. The molecular formula is C24H19Cl2N5O4S. The summed E-state index contributed by atoms with van der Waals surface area (Å²) in [6.07, 6.45) is 2.97. The lowest BCUT2D eigenvalue weighted by Gasteiger charge is -2.30. The van der Waals surface area contributed by atoms with Gasteiger partial charge in [0.25, 0.3) is 11.8 Å². The lowest BCUT2D eigenvalue weighted by molar-refractivity contribution is -0.139. The van der Waals surface area contributed by atoms with Gasteiger partial charge in [-0.2, -0.15) is 10.3 Å². The average molecular weight is 544 g/mol. The van der Waals surface area contributed by atoms with E-state index >= 15 is 0 Å². The third-order valence-electron chi connectivity index (χ3n) is 5.69. The first-order valence-corrected chi connectivity index (χ1v) is 12.3. The highest BCUT2D eigenvalue weighted by Crippen LogP contribution is 2.35. The van der Waals surface area contributed by atoms with Gasteiger partial charge in [-0.15, -0.1) is 11.3 Å². The molecule has 2 heterocycles. The van der Waals surface area contributed by atoms with E-state index in [0.717, 1.165) is 22.0 Å². The zero-order chi connectivity index (χ0) is 25.8. The lowest BCUT2D eigenvalue weighted by atomic mass is 9.96. The molecule has 3 aromatic rings. The number of fused-ring (bicyclic) bond motifs is 2. The summed E-state index contributed by atoms with van der Waals surface area (Å²) >= 11 is 14.4. The molecule has 0 bridgehead atoms. The molecule has 1 aromatic heterocycles. The number of nitrogens with one attached hydrogen (secondary N) is 2. The van der Waals surface area contributed by atoms with Crippen LogP contribution in [0, 0.1) is 11.5 Å². The minimum atomic E-state index is -1.32. The number of halogens is 2. The van der Waals surface area contributed by atoms with E-state index in [2.05, 4.69) is 15.6 Å². The number of carboxylic acid groups (broad SMARTS) is 1. The van der Waals surface area contributed by atoms with Gasteiger partial charge in [0, 0.05) is 24.3 Å². The summed E-state index contributed by atoms with van der Waals surface area (Å²) in [6.45, 7) is 0.479. The molecule has 0 saturated carbocycles. The SMILES string of the molecule is N#C/N=C\NC[C@H](NC(=O)c1c(Cl)cc2c(c1Cl)CCN(C(=O)c1cc3ccccc3s1)C2)C(=O)O. The van der Waals surface area contributed by atoms with Gasteiger partial charge in [-0.25, -0.2) is 4.79 Å². The number of aliphatic carboxylic acids is 1. The molecule has 0 spiro atoms. The third kappa shape index (κ3) is 5.28. The summed E-state index contributed by atoms with van der Waals surface area (Å²) in [6, 6.07) is 9.95. The van der Waals surface area contributed by atoms with Gasteiger partial charge in [0.2, 0.25) is 6.19 Å². The first-order chi connectivity index (χ1) is 17.3. The van der Waals surface area contributed by atoms with Gasteiger partial charge in [0.15, 0.2) is 0 Å². The number of rotatable bonds is 7. The van der Waals surface area contributed by atoms with E-state index in [4.69, 9.17) is 28.5 Å². The van der Waals surface area contributed by atoms with Crippen molar-refractivity contribution in [2.75, 3.05) is 13.1 Å². The molecule has 0 unspecified atom stereocenters. The van der Waals surface area contributed by atoms with Crippen molar-refractivity contribution in [3.05, 3.63) is 68.0 Å². The molecule has 0 aliphatic carbocycles. The van der Waals surface area contributed by atoms with Crippen LogP contribution in [-0.4, -0.2) is 53.3 Å². The Morgan fingerprint density at radius 3 is 2.78 bits per heavy atom. The molecule has 4 rings (SSSR count). The average Bonchev–Trinajstić information content (AvgIpc) is 3.29. The van der Waals surface area contributed by atoms with Crippen LogP contribution in [0.1, 0.15) is 31.2 Å². The number of carbonyl (C=O) groups is 3. The van der Waals surface area contributed by atoms with Gasteiger partial charge in [-0.3, -0.25) is 9.59 Å². The number of nitriles is 1. The molecule has 12 heteroatoms. The molecule has 1 atom stereocenters. The maximum atomic E-state index is 13.2. The molecule has 2 aromatic carbocycles. The standard InChI is InChI=1S/C24H19Cl2N5O4S/c25-16-7-14-10-31(23(33)19-8-13-3-1-2-4-18(13)36-19)6-5-15(14)21(26)20(16)22(32)30-17(24(34)35)9-28-12-29-11-27/h1-4,7-8,12,17H,5-6,9-10H2,(H,28,29)(H,30,32)(H,34,35)/t17-/m0/s1. The van der Waals surface area contributed by atoms with E-state index in [0.29, 0.717) is 23.4 Å². The predicted octanol–water partition coefficient (Wildman–Crippen LogP) is 3.69. The van der Waals surface area contributed by atoms with Crippen LogP contribution in [0.25, 0.3) is 10.1 Å². The van der Waals surface area contributed by atoms with Gasteiger partial charge in [-0.1, -0.05) is 41.4 Å². The molecule has 36 heavy (non-hydrogen) atoms. The highest BCUT2D eigenvalue weighted by Gasteiger charge is 2.30. The number of carboxylic acids is 1. The van der Waals surface area contributed by atoms with E-state index in [1.165, 1.54) is 17.5 Å². The molecule has 1 aliphatic rings. The summed E-state index contributed by atoms with van der Waals surface area (Å²) in [5.41, 5.74) is 1.39. The van der Waals surface area contributed by atoms with Gasteiger partial charge >= 0.3 is 5.97 Å². The van der Waals surface area contributed by atoms with Gasteiger partial charge in [0.05, 0.1) is 20.5 Å². The van der Waals surface area contributed by atoms with E-state index in [9.17, 15) is 19.5 Å². The number of amides is 2. The fourth-order valence-electron chi connectivity index (χ4n) is 3.95. The van der Waals surface area contributed by atoms with Crippen LogP contribution in [0.4, 0.5) is 0 Å². The highest BCUT2D eigenvalue weighted by molar-refractivity contribution is 7.20. The molecule has 9 nitrogen and oxygen atoms in total. The number of thiophene rings is 1. The van der Waals surface area contributed by atoms with E-state index < -0.39 is 17.9 Å². The normalized spacial score (nSPS) is 13.8. The van der Waals surface area contributed by atoms with Crippen molar-refractivity contribution in [1.29, 1.82) is 5.26 Å². The second kappa shape index (κ2) is 11.0. The van der Waals surface area contributed by atoms with Crippen molar-refractivity contribution in [3.8, 4) is 6.19 Å². The fourth-order valence-corrected chi connectivity index (χ4v) is 5.75. The highest BCUT2D eigenvalue weighted by atomic mass is 35.5. The van der Waals surface area contributed by atoms with Gasteiger partial charge in [0.1, 0.15) is 12.4 Å². The fraction of sp³-hybridized carbons (Fsp3) is 0.208. The topological polar surface area (TPSA) is 135 Å². The van der Waals surface area contributed by atoms with Crippen LogP contribution >= 0.6 is 34.5 Å². The summed E-state index contributed by atoms with van der Waals surface area (Å²) in [5, 5.41) is 23.9. The van der Waals surface area contributed by atoms with E-state index in [-0.39, 0.29) is 34.6 Å². The van der Waals surface area contributed by atoms with Crippen LogP contribution in [0.2, 0.25) is 10.0 Å². The van der Waals surface area contributed by atoms with Crippen molar-refractivity contribution in [2.45, 2.75) is 19.0 Å². The van der Waals surface area contributed by atoms with Crippen molar-refractivity contribution >= 4 is 68.7 Å². The maximum Gasteiger partial charge on any atom is 0.328 e. The Morgan fingerprint density at radius 1 is 1.28 bits per heavy atom. The summed E-state index contributed by atoms with van der Waals surface area (Å²) in [5.74, 6) is -2.13. The minimum absolute atomic E-state index is 0.0293. The molecule has 184 valence electrons. The molecule has 2 amide bonds. The van der Waals surface area contributed by atoms with Crippen LogP contribution in [-0.2, 0) is 17.8 Å². The van der Waals surface area contributed by atoms with Gasteiger partial charge in [-0.05, 0) is 41.1 Å². The summed E-state index contributed by atoms with van der Waals surface area (Å²) < 4.78 is 1.03. The van der Waals surface area contributed by atoms with Crippen molar-refractivity contribution in [1.82, 2.24) is 15.5 Å². The molecular weight excluding hydrogens is 525 g/mol. The first kappa shape index (κ1) is 25.4. The Labute approximate surface area is 219 Å². The summed E-state index contributed by atoms with van der Waals surface area (Å²) in [7, 11) is 0. The van der Waals surface area contributed by atoms with Crippen LogP contribution in [0.15, 0.2) is 41.4 Å². The third-order valence-corrected chi connectivity index (χ3v) is 7.51. The van der Waals surface area contributed by atoms with Crippen LogP contribution < -0.4 is 10.6 Å². The monoisotopic (exact) mass is 543 g/mol. The predicted molar refractivity (Wildman–Crippen MR) is 138 cm³/mol. The first-order valence-electron chi connectivity index (χ1n) is 10.8. The van der Waals surface area contributed by atoms with E-state index in [1.807, 2.05) is 30.3 Å². The van der Waals surface area contributed by atoms with Crippen molar-refractivity contribution in [3.63, 3.8) is 0 Å². The molecule has 1 aliphatic heterocycles. The second-order valence-electron chi connectivity index (χ2n) is 7.94. The molecule has 0 radical (unpaired) electrons. The zero-order valence-electron chi connectivity index (χ0n) is 18.6. The number of aliphatic imine (C=N–C) groups is 1. The molecule has 0 saturated heterocycles. The summed E-state index contributed by atoms with van der Waals surface area (Å²) in [4.78, 5) is 43.2. The number of hydrogen-bond acceptors (Lipinski definition) is 6. The number of hydrogen-bond donors (Lipinski definition) is 3. The Balaban J connectivity index is 1.52. The maximum absolute atomic E-state index is 13.2. The Morgan fingerprint density at radius 2 is 2.06 bits per heavy atom. The quantitative estimate of drug-likeness (QED) is 0.236. The Bertz CT molecular complexity index is 1400.